The van der Waals surface area contributed by atoms with Crippen molar-refractivity contribution in [3.8, 4) is 0 Å². The molecule has 2 heterocycles. The number of esters is 1. The summed E-state index contributed by atoms with van der Waals surface area (Å²) in [5, 5.41) is 6.76. The SMILES string of the molecule is CCN(C[C@H]1N[C@@](Cc2ccccc2)(C(=O)OC)[C@H]2C(=O)N(Cc3ccccc3)C(=O)[C@@H]12)C(=O)Nc1ccc(Cl)cc1. The van der Waals surface area contributed by atoms with Crippen molar-refractivity contribution in [3.05, 3.63) is 101 Å². The summed E-state index contributed by atoms with van der Waals surface area (Å²) in [7, 11) is 1.28. The number of hydrogen-bond donors (Lipinski definition) is 2. The molecule has 4 atom stereocenters. The van der Waals surface area contributed by atoms with E-state index in [0.717, 1.165) is 11.1 Å². The zero-order valence-corrected chi connectivity index (χ0v) is 24.2. The van der Waals surface area contributed by atoms with E-state index >= 15 is 0 Å². The van der Waals surface area contributed by atoms with Crippen molar-refractivity contribution in [2.75, 3.05) is 25.5 Å². The van der Waals surface area contributed by atoms with Crippen LogP contribution in [0.25, 0.3) is 0 Å². The molecule has 3 aromatic rings. The fourth-order valence-corrected chi connectivity index (χ4v) is 6.24. The molecule has 2 N–H and O–H groups in total. The van der Waals surface area contributed by atoms with Crippen LogP contribution in [-0.2, 0) is 32.1 Å². The first kappa shape index (κ1) is 29.3. The van der Waals surface area contributed by atoms with Crippen LogP contribution < -0.4 is 10.6 Å². The Hall–Kier alpha value is -4.21. The number of anilines is 1. The molecule has 218 valence electrons. The Kier molecular flexibility index (Phi) is 8.61. The van der Waals surface area contributed by atoms with Gasteiger partial charge in [0.05, 0.1) is 25.5 Å². The van der Waals surface area contributed by atoms with Crippen LogP contribution in [0.2, 0.25) is 5.02 Å². The van der Waals surface area contributed by atoms with Gasteiger partial charge >= 0.3 is 12.0 Å². The lowest BCUT2D eigenvalue weighted by atomic mass is 9.76. The molecule has 42 heavy (non-hydrogen) atoms. The molecule has 2 aliphatic rings. The van der Waals surface area contributed by atoms with Gasteiger partial charge in [-0.2, -0.15) is 0 Å². The van der Waals surface area contributed by atoms with Gasteiger partial charge in [-0.15, -0.1) is 0 Å². The summed E-state index contributed by atoms with van der Waals surface area (Å²) >= 11 is 5.98. The van der Waals surface area contributed by atoms with Crippen LogP contribution in [0.5, 0.6) is 0 Å². The largest absolute Gasteiger partial charge is 0.468 e. The second-order valence-corrected chi connectivity index (χ2v) is 11.0. The highest BCUT2D eigenvalue weighted by Crippen LogP contribution is 2.45. The molecule has 0 unspecified atom stereocenters. The van der Waals surface area contributed by atoms with Gasteiger partial charge in [-0.05, 0) is 42.3 Å². The van der Waals surface area contributed by atoms with Gasteiger partial charge < -0.3 is 15.0 Å². The van der Waals surface area contributed by atoms with Crippen LogP contribution in [0.3, 0.4) is 0 Å². The van der Waals surface area contributed by atoms with Gasteiger partial charge in [-0.1, -0.05) is 72.3 Å². The molecule has 0 spiro atoms. The first-order valence-electron chi connectivity index (χ1n) is 13.9. The van der Waals surface area contributed by atoms with E-state index in [0.29, 0.717) is 17.3 Å². The maximum absolute atomic E-state index is 14.1. The zero-order valence-electron chi connectivity index (χ0n) is 23.5. The lowest BCUT2D eigenvalue weighted by Crippen LogP contribution is -2.60. The van der Waals surface area contributed by atoms with Crippen molar-refractivity contribution < 1.29 is 23.9 Å². The number of urea groups is 1. The molecule has 4 amide bonds. The number of nitrogens with one attached hydrogen (secondary N) is 2. The van der Waals surface area contributed by atoms with E-state index in [2.05, 4.69) is 10.6 Å². The first-order chi connectivity index (χ1) is 20.3. The number of halogens is 1. The van der Waals surface area contributed by atoms with E-state index in [9.17, 15) is 19.2 Å². The highest BCUT2D eigenvalue weighted by molar-refractivity contribution is 6.30. The van der Waals surface area contributed by atoms with Crippen LogP contribution in [-0.4, -0.2) is 65.4 Å². The van der Waals surface area contributed by atoms with Crippen molar-refractivity contribution in [2.24, 2.45) is 11.8 Å². The number of likely N-dealkylation sites (tertiary alicyclic amines) is 1. The molecule has 3 aromatic carbocycles. The second kappa shape index (κ2) is 12.3. The Labute approximate surface area is 249 Å². The van der Waals surface area contributed by atoms with E-state index < -0.39 is 35.3 Å². The van der Waals surface area contributed by atoms with Crippen molar-refractivity contribution in [1.29, 1.82) is 0 Å². The number of benzene rings is 3. The highest BCUT2D eigenvalue weighted by Gasteiger charge is 2.68. The van der Waals surface area contributed by atoms with E-state index in [1.54, 1.807) is 29.2 Å². The fraction of sp³-hybridized carbons (Fsp3) is 0.312. The summed E-state index contributed by atoms with van der Waals surface area (Å²) in [6.45, 7) is 2.34. The molecule has 0 saturated carbocycles. The number of amides is 4. The number of nitrogens with zero attached hydrogens (tertiary/aromatic N) is 2. The molecule has 2 saturated heterocycles. The van der Waals surface area contributed by atoms with Crippen LogP contribution >= 0.6 is 11.6 Å². The van der Waals surface area contributed by atoms with Crippen molar-refractivity contribution >= 4 is 41.1 Å². The number of ether oxygens (including phenoxy) is 1. The Morgan fingerprint density at radius 1 is 0.952 bits per heavy atom. The van der Waals surface area contributed by atoms with E-state index in [4.69, 9.17) is 16.3 Å². The third-order valence-corrected chi connectivity index (χ3v) is 8.34. The van der Waals surface area contributed by atoms with Crippen molar-refractivity contribution in [2.45, 2.75) is 31.5 Å². The number of imide groups is 1. The summed E-state index contributed by atoms with van der Waals surface area (Å²) in [6.07, 6.45) is 0.138. The van der Waals surface area contributed by atoms with E-state index in [1.165, 1.54) is 12.0 Å². The Morgan fingerprint density at radius 2 is 1.57 bits per heavy atom. The van der Waals surface area contributed by atoms with Crippen LogP contribution in [0, 0.1) is 11.8 Å². The predicted molar refractivity (Wildman–Crippen MR) is 159 cm³/mol. The lowest BCUT2D eigenvalue weighted by molar-refractivity contribution is -0.154. The molecule has 0 aromatic heterocycles. The minimum Gasteiger partial charge on any atom is -0.468 e. The highest BCUT2D eigenvalue weighted by atomic mass is 35.5. The maximum atomic E-state index is 14.1. The second-order valence-electron chi connectivity index (χ2n) is 10.6. The maximum Gasteiger partial charge on any atom is 0.327 e. The molecule has 5 rings (SSSR count). The molecule has 10 heteroatoms. The number of fused-ring (bicyclic) bond motifs is 1. The number of hydrogen-bond acceptors (Lipinski definition) is 6. The fourth-order valence-electron chi connectivity index (χ4n) is 6.11. The predicted octanol–water partition coefficient (Wildman–Crippen LogP) is 4.12. The van der Waals surface area contributed by atoms with Crippen LogP contribution in [0.15, 0.2) is 84.9 Å². The molecule has 0 bridgehead atoms. The first-order valence-corrected chi connectivity index (χ1v) is 14.3. The van der Waals surface area contributed by atoms with Gasteiger partial charge in [0.25, 0.3) is 0 Å². The van der Waals surface area contributed by atoms with Crippen molar-refractivity contribution in [1.82, 2.24) is 15.1 Å². The van der Waals surface area contributed by atoms with Gasteiger partial charge in [-0.25, -0.2) is 4.79 Å². The average Bonchev–Trinajstić information content (AvgIpc) is 3.46. The minimum absolute atomic E-state index is 0.0861. The normalized spacial score (nSPS) is 23.0. The summed E-state index contributed by atoms with van der Waals surface area (Å²) in [4.78, 5) is 57.8. The zero-order chi connectivity index (χ0) is 29.9. The third kappa shape index (κ3) is 5.62. The Balaban J connectivity index is 1.49. The topological polar surface area (TPSA) is 108 Å². The quantitative estimate of drug-likeness (QED) is 0.288. The third-order valence-electron chi connectivity index (χ3n) is 8.09. The van der Waals surface area contributed by atoms with Crippen LogP contribution in [0.4, 0.5) is 10.5 Å². The lowest BCUT2D eigenvalue weighted by Gasteiger charge is -2.33. The van der Waals surface area contributed by atoms with Gasteiger partial charge in [0, 0.05) is 36.3 Å². The molecule has 9 nitrogen and oxygen atoms in total. The average molecular weight is 589 g/mol. The monoisotopic (exact) mass is 588 g/mol. The molecular weight excluding hydrogens is 556 g/mol. The summed E-state index contributed by atoms with van der Waals surface area (Å²) in [5.74, 6) is -3.32. The van der Waals surface area contributed by atoms with Gasteiger partial charge in [-0.3, -0.25) is 24.6 Å². The van der Waals surface area contributed by atoms with Gasteiger partial charge in [0.2, 0.25) is 11.8 Å². The summed E-state index contributed by atoms with van der Waals surface area (Å²) < 4.78 is 5.28. The summed E-state index contributed by atoms with van der Waals surface area (Å²) in [6, 6.07) is 24.2. The Morgan fingerprint density at radius 3 is 2.17 bits per heavy atom. The Bertz CT molecular complexity index is 1450. The molecule has 0 radical (unpaired) electrons. The van der Waals surface area contributed by atoms with Crippen LogP contribution in [0.1, 0.15) is 18.1 Å². The van der Waals surface area contributed by atoms with E-state index in [1.807, 2.05) is 67.6 Å². The number of carbonyl (C=O) groups excluding carboxylic acids is 4. The number of likely N-dealkylation sites (N-methyl/N-ethyl adjacent to an activating group) is 1. The number of carbonyl (C=O) groups is 4. The van der Waals surface area contributed by atoms with Gasteiger partial charge in [0.1, 0.15) is 5.54 Å². The smallest absolute Gasteiger partial charge is 0.327 e. The molecule has 0 aliphatic carbocycles. The number of methoxy groups -OCH3 is 1. The molecule has 2 fully saturated rings. The molecular formula is C32H33ClN4O5. The summed E-state index contributed by atoms with van der Waals surface area (Å²) in [5.41, 5.74) is 0.668. The minimum atomic E-state index is -1.50. The molecule has 2 aliphatic heterocycles. The van der Waals surface area contributed by atoms with E-state index in [-0.39, 0.29) is 31.4 Å². The standard InChI is InChI=1S/C32H33ClN4O5/c1-3-36(31(41)34-24-16-14-23(33)15-17-24)20-25-26-27(29(39)37(28(26)38)19-22-12-8-5-9-13-22)32(35-25,30(40)42-2)18-21-10-6-4-7-11-21/h4-17,25-27,35H,3,18-20H2,1-2H3,(H,34,41)/t25-,26+,27-,32-/m1/s1. The number of rotatable bonds is 9. The van der Waals surface area contributed by atoms with Crippen molar-refractivity contribution in [3.63, 3.8) is 0 Å². The van der Waals surface area contributed by atoms with Gasteiger partial charge in [0.15, 0.2) is 0 Å².